The molecule has 1 aliphatic heterocycles. The van der Waals surface area contributed by atoms with Crippen LogP contribution in [-0.2, 0) is 4.74 Å². The third-order valence-electron chi connectivity index (χ3n) is 4.29. The highest BCUT2D eigenvalue weighted by molar-refractivity contribution is 5.79. The first-order valence-corrected chi connectivity index (χ1v) is 8.89. The number of rotatable bonds is 9. The predicted octanol–water partition coefficient (Wildman–Crippen LogP) is 0.358. The maximum Gasteiger partial charge on any atom is 0.191 e. The number of likely N-dealkylation sites (N-methyl/N-ethyl adjacent to an activating group) is 1. The van der Waals surface area contributed by atoms with Gasteiger partial charge in [0.05, 0.1) is 19.8 Å². The van der Waals surface area contributed by atoms with Gasteiger partial charge < -0.3 is 15.4 Å². The normalized spacial score (nSPS) is 20.4. The molecule has 1 aliphatic carbocycles. The van der Waals surface area contributed by atoms with Crippen LogP contribution in [0.3, 0.4) is 0 Å². The van der Waals surface area contributed by atoms with Crippen LogP contribution in [0, 0.1) is 0 Å². The Balaban J connectivity index is 1.64. The maximum atomic E-state index is 5.37. The van der Waals surface area contributed by atoms with Crippen molar-refractivity contribution in [2.45, 2.75) is 32.7 Å². The van der Waals surface area contributed by atoms with Gasteiger partial charge >= 0.3 is 0 Å². The van der Waals surface area contributed by atoms with Crippen LogP contribution in [0.25, 0.3) is 0 Å². The Kier molecular flexibility index (Phi) is 7.98. The van der Waals surface area contributed by atoms with E-state index < -0.39 is 0 Å². The van der Waals surface area contributed by atoms with Gasteiger partial charge in [-0.3, -0.25) is 14.8 Å². The van der Waals surface area contributed by atoms with Gasteiger partial charge in [0.15, 0.2) is 5.96 Å². The highest BCUT2D eigenvalue weighted by Crippen LogP contribution is 2.25. The van der Waals surface area contributed by atoms with Crippen LogP contribution in [-0.4, -0.2) is 87.4 Å². The van der Waals surface area contributed by atoms with Gasteiger partial charge in [-0.15, -0.1) is 0 Å². The van der Waals surface area contributed by atoms with E-state index in [9.17, 15) is 0 Å². The van der Waals surface area contributed by atoms with Crippen molar-refractivity contribution in [3.05, 3.63) is 0 Å². The average Bonchev–Trinajstić information content (AvgIpc) is 3.37. The molecule has 2 aliphatic rings. The predicted molar refractivity (Wildman–Crippen MR) is 91.5 cm³/mol. The van der Waals surface area contributed by atoms with Crippen LogP contribution in [0.15, 0.2) is 4.99 Å². The summed E-state index contributed by atoms with van der Waals surface area (Å²) in [5.41, 5.74) is 0. The highest BCUT2D eigenvalue weighted by Gasteiger charge is 2.27. The second-order valence-electron chi connectivity index (χ2n) is 6.00. The Bertz CT molecular complexity index is 326. The van der Waals surface area contributed by atoms with E-state index in [-0.39, 0.29) is 0 Å². The number of nitrogens with zero attached hydrogens (tertiary/aromatic N) is 3. The second-order valence-corrected chi connectivity index (χ2v) is 6.00. The Morgan fingerprint density at radius 3 is 2.64 bits per heavy atom. The molecular weight excluding hydrogens is 278 g/mol. The minimum absolute atomic E-state index is 0.840. The van der Waals surface area contributed by atoms with Crippen LogP contribution >= 0.6 is 0 Å². The van der Waals surface area contributed by atoms with Crippen molar-refractivity contribution in [3.8, 4) is 0 Å². The van der Waals surface area contributed by atoms with Gasteiger partial charge in [-0.25, -0.2) is 0 Å². The second kappa shape index (κ2) is 10.0. The molecule has 0 unspecified atom stereocenters. The third kappa shape index (κ3) is 6.50. The molecule has 2 fully saturated rings. The lowest BCUT2D eigenvalue weighted by atomic mass is 10.4. The number of guanidine groups is 1. The largest absolute Gasteiger partial charge is 0.379 e. The van der Waals surface area contributed by atoms with Gasteiger partial charge in [0.25, 0.3) is 0 Å². The number of hydrogen-bond acceptors (Lipinski definition) is 4. The molecule has 22 heavy (non-hydrogen) atoms. The van der Waals surface area contributed by atoms with E-state index in [4.69, 9.17) is 4.74 Å². The van der Waals surface area contributed by atoms with Crippen LogP contribution in [0.5, 0.6) is 0 Å². The molecule has 0 aromatic rings. The van der Waals surface area contributed by atoms with Crippen molar-refractivity contribution >= 4 is 5.96 Å². The smallest absolute Gasteiger partial charge is 0.191 e. The van der Waals surface area contributed by atoms with E-state index >= 15 is 0 Å². The lowest BCUT2D eigenvalue weighted by Crippen LogP contribution is -2.43. The van der Waals surface area contributed by atoms with E-state index in [1.54, 1.807) is 0 Å². The lowest BCUT2D eigenvalue weighted by molar-refractivity contribution is 0.0394. The van der Waals surface area contributed by atoms with Gasteiger partial charge in [-0.2, -0.15) is 0 Å². The molecule has 0 amide bonds. The van der Waals surface area contributed by atoms with Crippen molar-refractivity contribution in [2.24, 2.45) is 4.99 Å². The summed E-state index contributed by atoms with van der Waals surface area (Å²) in [6.45, 7) is 14.1. The summed E-state index contributed by atoms with van der Waals surface area (Å²) in [5, 5.41) is 6.79. The number of nitrogens with one attached hydrogen (secondary N) is 2. The van der Waals surface area contributed by atoms with Crippen molar-refractivity contribution in [1.29, 1.82) is 0 Å². The van der Waals surface area contributed by atoms with Gasteiger partial charge in [0, 0.05) is 45.3 Å². The molecule has 2 N–H and O–H groups in total. The molecular formula is C16H33N5O. The maximum absolute atomic E-state index is 5.37. The Hall–Kier alpha value is -0.850. The van der Waals surface area contributed by atoms with Crippen molar-refractivity contribution in [2.75, 3.05) is 65.6 Å². The molecule has 0 bridgehead atoms. The number of ether oxygens (including phenoxy) is 1. The molecule has 128 valence electrons. The molecule has 6 nitrogen and oxygen atoms in total. The number of hydrogen-bond donors (Lipinski definition) is 2. The zero-order valence-corrected chi connectivity index (χ0v) is 14.3. The topological polar surface area (TPSA) is 52.1 Å². The van der Waals surface area contributed by atoms with E-state index in [0.29, 0.717) is 0 Å². The van der Waals surface area contributed by atoms with Gasteiger partial charge in [-0.05, 0) is 26.3 Å². The minimum Gasteiger partial charge on any atom is -0.379 e. The Labute approximate surface area is 135 Å². The van der Waals surface area contributed by atoms with Crippen molar-refractivity contribution in [3.63, 3.8) is 0 Å². The molecule has 1 saturated carbocycles. The van der Waals surface area contributed by atoms with Crippen LogP contribution in [0.4, 0.5) is 0 Å². The van der Waals surface area contributed by atoms with Crippen LogP contribution in [0.2, 0.25) is 0 Å². The number of aliphatic imine (C=N–C) groups is 1. The van der Waals surface area contributed by atoms with Gasteiger partial charge in [0.1, 0.15) is 0 Å². The Morgan fingerprint density at radius 2 is 2.00 bits per heavy atom. The molecule has 0 aromatic heterocycles. The molecule has 1 saturated heterocycles. The third-order valence-corrected chi connectivity index (χ3v) is 4.29. The first-order chi connectivity index (χ1) is 10.8. The molecule has 6 heteroatoms. The fourth-order valence-corrected chi connectivity index (χ4v) is 2.83. The fraction of sp³-hybridized carbons (Fsp3) is 0.938. The highest BCUT2D eigenvalue weighted by atomic mass is 16.5. The zero-order chi connectivity index (χ0) is 15.6. The van der Waals surface area contributed by atoms with Crippen molar-refractivity contribution < 1.29 is 4.74 Å². The van der Waals surface area contributed by atoms with Crippen LogP contribution in [0.1, 0.15) is 26.7 Å². The lowest BCUT2D eigenvalue weighted by Gasteiger charge is -2.26. The molecule has 0 radical (unpaired) electrons. The van der Waals surface area contributed by atoms with Crippen LogP contribution < -0.4 is 10.6 Å². The summed E-state index contributed by atoms with van der Waals surface area (Å²) in [7, 11) is 0. The summed E-state index contributed by atoms with van der Waals surface area (Å²) in [4.78, 5) is 9.66. The molecule has 0 aromatic carbocycles. The SMILES string of the molecule is CCNC(=NCCN1CCOCC1)NCCN(CC)C1CC1. The van der Waals surface area contributed by atoms with Gasteiger partial charge in [-0.1, -0.05) is 6.92 Å². The molecule has 2 rings (SSSR count). The monoisotopic (exact) mass is 311 g/mol. The summed E-state index contributed by atoms with van der Waals surface area (Å²) in [5.74, 6) is 0.947. The molecule has 0 spiro atoms. The summed E-state index contributed by atoms with van der Waals surface area (Å²) < 4.78 is 5.37. The van der Waals surface area contributed by atoms with E-state index in [1.165, 1.54) is 12.8 Å². The first-order valence-electron chi connectivity index (χ1n) is 8.89. The molecule has 1 heterocycles. The molecule has 0 atom stereocenters. The Morgan fingerprint density at radius 1 is 1.23 bits per heavy atom. The summed E-state index contributed by atoms with van der Waals surface area (Å²) in [6.07, 6.45) is 2.75. The standard InChI is InChI=1S/C16H33N5O/c1-3-17-16(18-7-9-20-11-13-22-14-12-20)19-8-10-21(4-2)15-5-6-15/h15H,3-14H2,1-2H3,(H2,17,18,19). The van der Waals surface area contributed by atoms with E-state index in [0.717, 1.165) is 77.6 Å². The van der Waals surface area contributed by atoms with Crippen molar-refractivity contribution in [1.82, 2.24) is 20.4 Å². The minimum atomic E-state index is 0.840. The number of morpholine rings is 1. The quantitative estimate of drug-likeness (QED) is 0.476. The average molecular weight is 311 g/mol. The summed E-state index contributed by atoms with van der Waals surface area (Å²) >= 11 is 0. The fourth-order valence-electron chi connectivity index (χ4n) is 2.83. The van der Waals surface area contributed by atoms with Gasteiger partial charge in [0.2, 0.25) is 0 Å². The zero-order valence-electron chi connectivity index (χ0n) is 14.3. The van der Waals surface area contributed by atoms with E-state index in [2.05, 4.69) is 39.3 Å². The summed E-state index contributed by atoms with van der Waals surface area (Å²) in [6, 6.07) is 0.840. The van der Waals surface area contributed by atoms with E-state index in [1.807, 2.05) is 0 Å². The first kappa shape index (κ1) is 17.5.